The van der Waals surface area contributed by atoms with Crippen LogP contribution in [-0.2, 0) is 6.61 Å². The molecule has 27 heavy (non-hydrogen) atoms. The first-order chi connectivity index (χ1) is 13.1. The largest absolute Gasteiger partial charge is 0.486 e. The summed E-state index contributed by atoms with van der Waals surface area (Å²) in [5.74, 6) is 0.293. The molecule has 1 aromatic carbocycles. The Kier molecular flexibility index (Phi) is 4.94. The summed E-state index contributed by atoms with van der Waals surface area (Å²) in [6.45, 7) is 2.86. The van der Waals surface area contributed by atoms with Crippen molar-refractivity contribution in [2.45, 2.75) is 32.4 Å². The maximum atomic E-state index is 13.1. The molecule has 2 aromatic heterocycles. The third-order valence-electron chi connectivity index (χ3n) is 4.71. The second-order valence-electron chi connectivity index (χ2n) is 6.55. The van der Waals surface area contributed by atoms with Crippen LogP contribution in [0.3, 0.4) is 0 Å². The second-order valence-corrected chi connectivity index (χ2v) is 7.63. The minimum Gasteiger partial charge on any atom is -0.486 e. The van der Waals surface area contributed by atoms with Gasteiger partial charge in [0.1, 0.15) is 28.1 Å². The van der Waals surface area contributed by atoms with Gasteiger partial charge in [-0.1, -0.05) is 0 Å². The van der Waals surface area contributed by atoms with Crippen LogP contribution in [0.5, 0.6) is 5.75 Å². The van der Waals surface area contributed by atoms with Gasteiger partial charge in [0.05, 0.1) is 11.7 Å². The number of carbonyl (C=O) groups excluding carboxylic acids is 1. The Morgan fingerprint density at radius 1 is 1.37 bits per heavy atom. The SMILES string of the molecule is Cc1nc(COc2ccc(F)cc2)sc1C(=O)N1CCCC1c1ccc[nH]1. The zero-order valence-electron chi connectivity index (χ0n) is 14.9. The molecule has 1 saturated heterocycles. The highest BCUT2D eigenvalue weighted by Crippen LogP contribution is 2.34. The predicted molar refractivity (Wildman–Crippen MR) is 101 cm³/mol. The number of thiazole rings is 1. The van der Waals surface area contributed by atoms with E-state index in [0.717, 1.165) is 35.8 Å². The Bertz CT molecular complexity index is 921. The molecular weight excluding hydrogens is 365 g/mol. The highest BCUT2D eigenvalue weighted by molar-refractivity contribution is 7.13. The average molecular weight is 385 g/mol. The second kappa shape index (κ2) is 7.52. The number of carbonyl (C=O) groups is 1. The number of amides is 1. The number of likely N-dealkylation sites (tertiary alicyclic amines) is 1. The van der Waals surface area contributed by atoms with E-state index in [-0.39, 0.29) is 24.4 Å². The first kappa shape index (κ1) is 17.7. The van der Waals surface area contributed by atoms with Gasteiger partial charge in [0.2, 0.25) is 0 Å². The lowest BCUT2D eigenvalue weighted by Gasteiger charge is -2.23. The first-order valence-electron chi connectivity index (χ1n) is 8.91. The molecule has 1 N–H and O–H groups in total. The molecule has 3 aromatic rings. The smallest absolute Gasteiger partial charge is 0.266 e. The number of aryl methyl sites for hydroxylation is 1. The molecule has 1 unspecified atom stereocenters. The van der Waals surface area contributed by atoms with Crippen molar-refractivity contribution < 1.29 is 13.9 Å². The van der Waals surface area contributed by atoms with Crippen molar-refractivity contribution >= 4 is 17.2 Å². The van der Waals surface area contributed by atoms with Gasteiger partial charge in [0.25, 0.3) is 5.91 Å². The minimum atomic E-state index is -0.303. The maximum absolute atomic E-state index is 13.1. The molecule has 1 atom stereocenters. The van der Waals surface area contributed by atoms with Gasteiger partial charge in [0.15, 0.2) is 0 Å². The zero-order valence-corrected chi connectivity index (χ0v) is 15.8. The van der Waals surface area contributed by atoms with Crippen LogP contribution < -0.4 is 4.74 Å². The number of rotatable bonds is 5. The van der Waals surface area contributed by atoms with Gasteiger partial charge in [-0.3, -0.25) is 4.79 Å². The quantitative estimate of drug-likeness (QED) is 0.705. The number of halogens is 1. The third kappa shape index (κ3) is 3.73. The lowest BCUT2D eigenvalue weighted by molar-refractivity contribution is 0.0737. The summed E-state index contributed by atoms with van der Waals surface area (Å²) in [5, 5.41) is 0.732. The van der Waals surface area contributed by atoms with Crippen LogP contribution in [0.2, 0.25) is 0 Å². The van der Waals surface area contributed by atoms with Gasteiger partial charge in [-0.2, -0.15) is 0 Å². The third-order valence-corrected chi connectivity index (χ3v) is 5.82. The van der Waals surface area contributed by atoms with Crippen molar-refractivity contribution in [1.82, 2.24) is 14.9 Å². The van der Waals surface area contributed by atoms with E-state index in [2.05, 4.69) is 9.97 Å². The maximum Gasteiger partial charge on any atom is 0.266 e. The fourth-order valence-electron chi connectivity index (χ4n) is 3.40. The van der Waals surface area contributed by atoms with Crippen molar-refractivity contribution in [2.24, 2.45) is 0 Å². The molecule has 5 nitrogen and oxygen atoms in total. The molecule has 0 radical (unpaired) electrons. The number of nitrogens with one attached hydrogen (secondary N) is 1. The highest BCUT2D eigenvalue weighted by Gasteiger charge is 2.33. The number of hydrogen-bond acceptors (Lipinski definition) is 4. The van der Waals surface area contributed by atoms with Crippen molar-refractivity contribution in [3.63, 3.8) is 0 Å². The van der Waals surface area contributed by atoms with Crippen molar-refractivity contribution in [1.29, 1.82) is 0 Å². The van der Waals surface area contributed by atoms with Gasteiger partial charge in [-0.05, 0) is 56.2 Å². The molecule has 4 rings (SSSR count). The van der Waals surface area contributed by atoms with E-state index in [9.17, 15) is 9.18 Å². The van der Waals surface area contributed by atoms with E-state index in [1.54, 1.807) is 12.1 Å². The van der Waals surface area contributed by atoms with E-state index >= 15 is 0 Å². The molecule has 1 aliphatic heterocycles. The lowest BCUT2D eigenvalue weighted by atomic mass is 10.1. The van der Waals surface area contributed by atoms with Crippen molar-refractivity contribution in [3.8, 4) is 5.75 Å². The number of benzene rings is 1. The number of ether oxygens (including phenoxy) is 1. The summed E-state index contributed by atoms with van der Waals surface area (Å²) in [5.41, 5.74) is 1.79. The zero-order chi connectivity index (χ0) is 18.8. The van der Waals surface area contributed by atoms with E-state index in [4.69, 9.17) is 4.74 Å². The molecule has 0 spiro atoms. The van der Waals surface area contributed by atoms with Crippen LogP contribution in [0.25, 0.3) is 0 Å². The molecule has 3 heterocycles. The van der Waals surface area contributed by atoms with Gasteiger partial charge < -0.3 is 14.6 Å². The van der Waals surface area contributed by atoms with E-state index < -0.39 is 0 Å². The van der Waals surface area contributed by atoms with Crippen LogP contribution in [0.1, 0.15) is 45.0 Å². The number of hydrogen-bond donors (Lipinski definition) is 1. The number of nitrogens with zero attached hydrogens (tertiary/aromatic N) is 2. The summed E-state index contributed by atoms with van der Waals surface area (Å²) in [6.07, 6.45) is 3.84. The molecule has 1 fully saturated rings. The standard InChI is InChI=1S/C20H20FN3O2S/c1-13-19(20(25)24-11-3-5-17(24)16-4-2-10-22-16)27-18(23-13)12-26-15-8-6-14(21)7-9-15/h2,4,6-10,17,22H,3,5,11-12H2,1H3. The Balaban J connectivity index is 1.47. The summed E-state index contributed by atoms with van der Waals surface area (Å²) < 4.78 is 18.6. The molecule has 1 amide bonds. The van der Waals surface area contributed by atoms with Gasteiger partial charge in [-0.15, -0.1) is 11.3 Å². The van der Waals surface area contributed by atoms with E-state index in [1.807, 2.05) is 30.2 Å². The molecule has 0 aliphatic carbocycles. The highest BCUT2D eigenvalue weighted by atomic mass is 32.1. The minimum absolute atomic E-state index is 0.0233. The summed E-state index contributed by atoms with van der Waals surface area (Å²) in [4.78, 5) is 23.4. The van der Waals surface area contributed by atoms with Crippen LogP contribution in [0.4, 0.5) is 4.39 Å². The number of aromatic nitrogens is 2. The van der Waals surface area contributed by atoms with Gasteiger partial charge in [0, 0.05) is 18.4 Å². The Labute approximate surface area is 160 Å². The molecule has 7 heteroatoms. The first-order valence-corrected chi connectivity index (χ1v) is 9.72. The van der Waals surface area contributed by atoms with Crippen LogP contribution in [-0.4, -0.2) is 27.3 Å². The monoisotopic (exact) mass is 385 g/mol. The topological polar surface area (TPSA) is 58.2 Å². The lowest BCUT2D eigenvalue weighted by Crippen LogP contribution is -2.30. The Hall–Kier alpha value is -2.67. The Morgan fingerprint density at radius 2 is 2.19 bits per heavy atom. The fourth-order valence-corrected chi connectivity index (χ4v) is 4.34. The van der Waals surface area contributed by atoms with Gasteiger partial charge >= 0.3 is 0 Å². The van der Waals surface area contributed by atoms with Gasteiger partial charge in [-0.25, -0.2) is 9.37 Å². The summed E-state index contributed by atoms with van der Waals surface area (Å²) in [6, 6.07) is 9.93. The molecule has 1 aliphatic rings. The predicted octanol–water partition coefficient (Wildman–Crippen LogP) is 4.48. The Morgan fingerprint density at radius 3 is 2.93 bits per heavy atom. The van der Waals surface area contributed by atoms with Crippen molar-refractivity contribution in [2.75, 3.05) is 6.54 Å². The summed E-state index contributed by atoms with van der Waals surface area (Å²) >= 11 is 1.36. The molecular formula is C20H20FN3O2S. The molecule has 140 valence electrons. The van der Waals surface area contributed by atoms with Crippen molar-refractivity contribution in [3.05, 3.63) is 69.7 Å². The van der Waals surface area contributed by atoms with E-state index in [1.165, 1.54) is 23.5 Å². The molecule has 0 bridgehead atoms. The van der Waals surface area contributed by atoms with Crippen LogP contribution >= 0.6 is 11.3 Å². The summed E-state index contributed by atoms with van der Waals surface area (Å²) in [7, 11) is 0. The number of aromatic amines is 1. The van der Waals surface area contributed by atoms with Crippen LogP contribution in [0.15, 0.2) is 42.6 Å². The fraction of sp³-hybridized carbons (Fsp3) is 0.300. The number of H-pyrrole nitrogens is 1. The van der Waals surface area contributed by atoms with E-state index in [0.29, 0.717) is 10.6 Å². The normalized spacial score (nSPS) is 16.7. The van der Waals surface area contributed by atoms with Crippen LogP contribution in [0, 0.1) is 12.7 Å². The average Bonchev–Trinajstić information content (AvgIpc) is 3.41. The molecule has 0 saturated carbocycles.